The van der Waals surface area contributed by atoms with Gasteiger partial charge in [-0.2, -0.15) is 5.10 Å². The topological polar surface area (TPSA) is 109 Å². The SMILES string of the molecule is O=C(Cn1nnc2ccccc21)N/N=C\c1ccc(C(=O)O)cc1. The average Bonchev–Trinajstić information content (AvgIpc) is 2.98. The van der Waals surface area contributed by atoms with Crippen molar-refractivity contribution in [3.63, 3.8) is 0 Å². The number of aromatic nitrogens is 3. The molecule has 0 atom stereocenters. The number of hydrogen-bond donors (Lipinski definition) is 2. The van der Waals surface area contributed by atoms with Crippen molar-refractivity contribution in [1.82, 2.24) is 20.4 Å². The van der Waals surface area contributed by atoms with Crippen LogP contribution in [0.1, 0.15) is 15.9 Å². The lowest BCUT2D eigenvalue weighted by Gasteiger charge is -2.01. The highest BCUT2D eigenvalue weighted by Crippen LogP contribution is 2.09. The van der Waals surface area contributed by atoms with Gasteiger partial charge in [0.15, 0.2) is 0 Å². The van der Waals surface area contributed by atoms with Crippen LogP contribution >= 0.6 is 0 Å². The Balaban J connectivity index is 1.60. The number of fused-ring (bicyclic) bond motifs is 1. The molecule has 0 aliphatic carbocycles. The minimum absolute atomic E-state index is 0.00416. The number of aromatic carboxylic acids is 1. The number of carbonyl (C=O) groups excluding carboxylic acids is 1. The zero-order chi connectivity index (χ0) is 16.9. The van der Waals surface area contributed by atoms with Crippen LogP contribution in [0.25, 0.3) is 11.0 Å². The predicted octanol–water partition coefficient (Wildman–Crippen LogP) is 1.28. The summed E-state index contributed by atoms with van der Waals surface area (Å²) in [5.41, 5.74) is 4.74. The average molecular weight is 323 g/mol. The Hall–Kier alpha value is -3.55. The zero-order valence-corrected chi connectivity index (χ0v) is 12.5. The first-order valence-electron chi connectivity index (χ1n) is 7.07. The van der Waals surface area contributed by atoms with Crippen LogP contribution < -0.4 is 5.43 Å². The molecule has 1 heterocycles. The minimum Gasteiger partial charge on any atom is -0.478 e. The number of para-hydroxylation sites is 1. The van der Waals surface area contributed by atoms with Crippen LogP contribution in [0.4, 0.5) is 0 Å². The van der Waals surface area contributed by atoms with Gasteiger partial charge in [-0.15, -0.1) is 5.10 Å². The van der Waals surface area contributed by atoms with Gasteiger partial charge < -0.3 is 5.11 Å². The number of hydrazone groups is 1. The van der Waals surface area contributed by atoms with Crippen molar-refractivity contribution in [2.75, 3.05) is 0 Å². The molecule has 0 unspecified atom stereocenters. The molecule has 2 N–H and O–H groups in total. The molecule has 0 bridgehead atoms. The van der Waals surface area contributed by atoms with Gasteiger partial charge in [0.2, 0.25) is 0 Å². The summed E-state index contributed by atoms with van der Waals surface area (Å²) in [5, 5.41) is 20.6. The summed E-state index contributed by atoms with van der Waals surface area (Å²) in [6, 6.07) is 13.5. The summed E-state index contributed by atoms with van der Waals surface area (Å²) in [6.07, 6.45) is 1.43. The number of amides is 1. The van der Waals surface area contributed by atoms with Gasteiger partial charge in [-0.05, 0) is 29.8 Å². The second kappa shape index (κ2) is 6.69. The Bertz CT molecular complexity index is 915. The van der Waals surface area contributed by atoms with Gasteiger partial charge in [0, 0.05) is 0 Å². The van der Waals surface area contributed by atoms with E-state index in [1.54, 1.807) is 12.1 Å². The molecule has 0 spiro atoms. The summed E-state index contributed by atoms with van der Waals surface area (Å²) in [4.78, 5) is 22.7. The maximum absolute atomic E-state index is 11.9. The molecule has 0 aliphatic rings. The van der Waals surface area contributed by atoms with Gasteiger partial charge >= 0.3 is 5.97 Å². The maximum atomic E-state index is 11.9. The second-order valence-electron chi connectivity index (χ2n) is 4.96. The zero-order valence-electron chi connectivity index (χ0n) is 12.5. The van der Waals surface area contributed by atoms with E-state index < -0.39 is 5.97 Å². The number of rotatable bonds is 5. The minimum atomic E-state index is -0.994. The quantitative estimate of drug-likeness (QED) is 0.543. The van der Waals surface area contributed by atoms with E-state index in [1.165, 1.54) is 23.0 Å². The van der Waals surface area contributed by atoms with Crippen LogP contribution in [-0.4, -0.2) is 38.2 Å². The van der Waals surface area contributed by atoms with Crippen LogP contribution in [0.2, 0.25) is 0 Å². The molecule has 0 radical (unpaired) electrons. The Morgan fingerprint density at radius 2 is 1.92 bits per heavy atom. The van der Waals surface area contributed by atoms with E-state index in [1.807, 2.05) is 24.3 Å². The first-order chi connectivity index (χ1) is 11.6. The summed E-state index contributed by atoms with van der Waals surface area (Å²) in [6.45, 7) is -0.00416. The molecule has 24 heavy (non-hydrogen) atoms. The first-order valence-corrected chi connectivity index (χ1v) is 7.07. The monoisotopic (exact) mass is 323 g/mol. The lowest BCUT2D eigenvalue weighted by molar-refractivity contribution is -0.121. The van der Waals surface area contributed by atoms with Crippen LogP contribution in [0.3, 0.4) is 0 Å². The van der Waals surface area contributed by atoms with Gasteiger partial charge in [0.25, 0.3) is 5.91 Å². The highest BCUT2D eigenvalue weighted by atomic mass is 16.4. The third-order valence-electron chi connectivity index (χ3n) is 3.27. The Kier molecular flexibility index (Phi) is 4.28. The molecule has 1 amide bonds. The first kappa shape index (κ1) is 15.3. The van der Waals surface area contributed by atoms with E-state index in [0.29, 0.717) is 11.1 Å². The number of nitrogens with one attached hydrogen (secondary N) is 1. The highest BCUT2D eigenvalue weighted by molar-refractivity contribution is 5.89. The van der Waals surface area contributed by atoms with Gasteiger partial charge in [-0.25, -0.2) is 14.9 Å². The lowest BCUT2D eigenvalue weighted by atomic mass is 10.1. The van der Waals surface area contributed by atoms with E-state index in [0.717, 1.165) is 5.52 Å². The van der Waals surface area contributed by atoms with Crippen molar-refractivity contribution in [2.24, 2.45) is 5.10 Å². The molecule has 3 aromatic rings. The van der Waals surface area contributed by atoms with Gasteiger partial charge in [-0.3, -0.25) is 4.79 Å². The van der Waals surface area contributed by atoms with E-state index in [2.05, 4.69) is 20.8 Å². The van der Waals surface area contributed by atoms with Gasteiger partial charge in [0.05, 0.1) is 17.3 Å². The third kappa shape index (κ3) is 3.43. The molecular formula is C16H13N5O3. The fourth-order valence-electron chi connectivity index (χ4n) is 2.10. The number of carboxylic acid groups (broad SMARTS) is 1. The molecule has 8 nitrogen and oxygen atoms in total. The van der Waals surface area contributed by atoms with Crippen LogP contribution in [0.15, 0.2) is 53.6 Å². The van der Waals surface area contributed by atoms with Gasteiger partial charge in [0.1, 0.15) is 12.1 Å². The van der Waals surface area contributed by atoms with Crippen molar-refractivity contribution >= 4 is 29.1 Å². The van der Waals surface area contributed by atoms with Crippen LogP contribution in [-0.2, 0) is 11.3 Å². The molecule has 3 rings (SSSR count). The fourth-order valence-corrected chi connectivity index (χ4v) is 2.10. The Morgan fingerprint density at radius 1 is 1.17 bits per heavy atom. The summed E-state index contributed by atoms with van der Waals surface area (Å²) >= 11 is 0. The molecule has 0 aliphatic heterocycles. The van der Waals surface area contributed by atoms with Crippen molar-refractivity contribution in [1.29, 1.82) is 0 Å². The molecule has 120 valence electrons. The number of carbonyl (C=O) groups is 2. The largest absolute Gasteiger partial charge is 0.478 e. The smallest absolute Gasteiger partial charge is 0.335 e. The molecule has 2 aromatic carbocycles. The Morgan fingerprint density at radius 3 is 2.67 bits per heavy atom. The van der Waals surface area contributed by atoms with Gasteiger partial charge in [-0.1, -0.05) is 29.5 Å². The molecule has 0 saturated carbocycles. The summed E-state index contributed by atoms with van der Waals surface area (Å²) in [5.74, 6) is -1.34. The maximum Gasteiger partial charge on any atom is 0.335 e. The molecule has 0 saturated heterocycles. The normalized spacial score (nSPS) is 11.0. The number of hydrogen-bond acceptors (Lipinski definition) is 5. The number of benzene rings is 2. The molecule has 8 heteroatoms. The molecule has 1 aromatic heterocycles. The highest BCUT2D eigenvalue weighted by Gasteiger charge is 2.07. The third-order valence-corrected chi connectivity index (χ3v) is 3.27. The molecule has 0 fully saturated rings. The van der Waals surface area contributed by atoms with E-state index in [9.17, 15) is 9.59 Å². The standard InChI is InChI=1S/C16H13N5O3/c22-15(10-21-14-4-2-1-3-13(14)18-20-21)19-17-9-11-5-7-12(8-6-11)16(23)24/h1-9H,10H2,(H,19,22)(H,23,24)/b17-9-. The van der Waals surface area contributed by atoms with Crippen molar-refractivity contribution < 1.29 is 14.7 Å². The molecular weight excluding hydrogens is 310 g/mol. The Labute approximate surface area is 136 Å². The number of carboxylic acids is 1. The van der Waals surface area contributed by atoms with E-state index in [-0.39, 0.29) is 18.0 Å². The van der Waals surface area contributed by atoms with Crippen molar-refractivity contribution in [2.45, 2.75) is 6.54 Å². The van der Waals surface area contributed by atoms with E-state index >= 15 is 0 Å². The van der Waals surface area contributed by atoms with Crippen molar-refractivity contribution in [3.8, 4) is 0 Å². The number of nitrogens with zero attached hydrogens (tertiary/aromatic N) is 4. The van der Waals surface area contributed by atoms with E-state index in [4.69, 9.17) is 5.11 Å². The summed E-state index contributed by atoms with van der Waals surface area (Å²) in [7, 11) is 0. The summed E-state index contributed by atoms with van der Waals surface area (Å²) < 4.78 is 1.49. The van der Waals surface area contributed by atoms with Crippen molar-refractivity contribution in [3.05, 3.63) is 59.7 Å². The van der Waals surface area contributed by atoms with Crippen LogP contribution in [0.5, 0.6) is 0 Å². The lowest BCUT2D eigenvalue weighted by Crippen LogP contribution is -2.23. The predicted molar refractivity (Wildman–Crippen MR) is 86.7 cm³/mol. The fraction of sp³-hybridized carbons (Fsp3) is 0.0625. The van der Waals surface area contributed by atoms with Crippen LogP contribution in [0, 0.1) is 0 Å². The second-order valence-corrected chi connectivity index (χ2v) is 4.96.